The van der Waals surface area contributed by atoms with Crippen molar-refractivity contribution in [2.45, 2.75) is 59.4 Å². The highest BCUT2D eigenvalue weighted by Gasteiger charge is 2.35. The SMILES string of the molecule is CCn1nc(C)c(CN2C[C@H](OC)C[C@H]2c2nc(C)c(C)[nH]2)n1. The number of H-pyrrole nitrogens is 1. The van der Waals surface area contributed by atoms with Crippen molar-refractivity contribution < 1.29 is 4.74 Å². The van der Waals surface area contributed by atoms with Crippen LogP contribution in [0.1, 0.15) is 48.0 Å². The van der Waals surface area contributed by atoms with Crippen LogP contribution in [0.15, 0.2) is 0 Å². The van der Waals surface area contributed by atoms with Crippen LogP contribution in [0.2, 0.25) is 0 Å². The van der Waals surface area contributed by atoms with E-state index < -0.39 is 0 Å². The average molecular weight is 318 g/mol. The Morgan fingerprint density at radius 2 is 2.00 bits per heavy atom. The van der Waals surface area contributed by atoms with Crippen molar-refractivity contribution in [2.75, 3.05) is 13.7 Å². The van der Waals surface area contributed by atoms with E-state index in [4.69, 9.17) is 9.72 Å². The first-order chi connectivity index (χ1) is 11.0. The van der Waals surface area contributed by atoms with Crippen LogP contribution in [0.3, 0.4) is 0 Å². The minimum Gasteiger partial charge on any atom is -0.380 e. The van der Waals surface area contributed by atoms with Gasteiger partial charge in [-0.1, -0.05) is 0 Å². The molecule has 1 aliphatic heterocycles. The zero-order valence-corrected chi connectivity index (χ0v) is 14.6. The molecular formula is C16H26N6O. The Kier molecular flexibility index (Phi) is 4.50. The predicted octanol–water partition coefficient (Wildman–Crippen LogP) is 1.91. The topological polar surface area (TPSA) is 71.9 Å². The normalized spacial score (nSPS) is 22.1. The lowest BCUT2D eigenvalue weighted by Crippen LogP contribution is -2.26. The fourth-order valence-electron chi connectivity index (χ4n) is 3.17. The molecule has 0 aliphatic carbocycles. The monoisotopic (exact) mass is 318 g/mol. The van der Waals surface area contributed by atoms with Gasteiger partial charge in [-0.25, -0.2) is 4.98 Å². The summed E-state index contributed by atoms with van der Waals surface area (Å²) in [4.78, 5) is 12.3. The molecule has 7 heteroatoms. The standard InChI is InChI=1S/C16H26N6O/c1-6-22-19-12(4)14(20-22)9-21-8-13(23-5)7-15(21)16-17-10(2)11(3)18-16/h13,15H,6-9H2,1-5H3,(H,17,18)/t13-,15+/m1/s1. The minimum absolute atomic E-state index is 0.229. The van der Waals surface area contributed by atoms with Gasteiger partial charge in [-0.05, 0) is 34.1 Å². The van der Waals surface area contributed by atoms with Crippen LogP contribution in [0.4, 0.5) is 0 Å². The molecule has 2 aromatic rings. The van der Waals surface area contributed by atoms with Crippen LogP contribution in [0, 0.1) is 20.8 Å². The van der Waals surface area contributed by atoms with Crippen molar-refractivity contribution in [3.63, 3.8) is 0 Å². The number of aromatic amines is 1. The van der Waals surface area contributed by atoms with E-state index in [1.165, 1.54) is 0 Å². The van der Waals surface area contributed by atoms with Gasteiger partial charge in [0, 0.05) is 25.9 Å². The molecule has 1 aliphatic rings. The number of ether oxygens (including phenoxy) is 1. The van der Waals surface area contributed by atoms with E-state index in [2.05, 4.69) is 33.9 Å². The van der Waals surface area contributed by atoms with Crippen LogP contribution in [0.5, 0.6) is 0 Å². The summed E-state index contributed by atoms with van der Waals surface area (Å²) in [6.45, 7) is 10.6. The lowest BCUT2D eigenvalue weighted by atomic mass is 10.2. The van der Waals surface area contributed by atoms with Crippen molar-refractivity contribution in [1.29, 1.82) is 0 Å². The van der Waals surface area contributed by atoms with E-state index in [1.807, 2.05) is 13.8 Å². The second-order valence-corrected chi connectivity index (χ2v) is 6.29. The molecule has 0 unspecified atom stereocenters. The predicted molar refractivity (Wildman–Crippen MR) is 87.1 cm³/mol. The molecule has 7 nitrogen and oxygen atoms in total. The molecule has 0 radical (unpaired) electrons. The third-order valence-electron chi connectivity index (χ3n) is 4.72. The molecule has 1 N–H and O–H groups in total. The maximum atomic E-state index is 5.60. The summed E-state index contributed by atoms with van der Waals surface area (Å²) in [6, 6.07) is 0.235. The number of hydrogen-bond donors (Lipinski definition) is 1. The molecule has 0 aromatic carbocycles. The summed E-state index contributed by atoms with van der Waals surface area (Å²) < 4.78 is 5.60. The van der Waals surface area contributed by atoms with E-state index in [1.54, 1.807) is 11.9 Å². The molecule has 1 fully saturated rings. The van der Waals surface area contributed by atoms with Crippen molar-refractivity contribution in [3.8, 4) is 0 Å². The second kappa shape index (κ2) is 6.41. The van der Waals surface area contributed by atoms with Gasteiger partial charge in [0.2, 0.25) is 0 Å². The van der Waals surface area contributed by atoms with Crippen molar-refractivity contribution in [1.82, 2.24) is 29.9 Å². The van der Waals surface area contributed by atoms with Gasteiger partial charge in [-0.15, -0.1) is 0 Å². The highest BCUT2D eigenvalue weighted by Crippen LogP contribution is 2.33. The molecule has 126 valence electrons. The average Bonchev–Trinajstić information content (AvgIpc) is 3.19. The summed E-state index contributed by atoms with van der Waals surface area (Å²) >= 11 is 0. The largest absolute Gasteiger partial charge is 0.380 e. The first kappa shape index (κ1) is 16.1. The van der Waals surface area contributed by atoms with E-state index in [-0.39, 0.29) is 12.1 Å². The number of methoxy groups -OCH3 is 1. The van der Waals surface area contributed by atoms with Crippen LogP contribution in [0.25, 0.3) is 0 Å². The summed E-state index contributed by atoms with van der Waals surface area (Å²) in [5, 5.41) is 9.04. The molecule has 2 atom stereocenters. The second-order valence-electron chi connectivity index (χ2n) is 6.29. The summed E-state index contributed by atoms with van der Waals surface area (Å²) in [6.07, 6.45) is 1.18. The van der Waals surface area contributed by atoms with Gasteiger partial charge in [-0.3, -0.25) is 4.90 Å². The van der Waals surface area contributed by atoms with Crippen LogP contribution < -0.4 is 0 Å². The first-order valence-electron chi connectivity index (χ1n) is 8.22. The van der Waals surface area contributed by atoms with Crippen LogP contribution in [-0.4, -0.2) is 49.6 Å². The Morgan fingerprint density at radius 1 is 1.22 bits per heavy atom. The summed E-state index contributed by atoms with van der Waals surface area (Å²) in [7, 11) is 1.78. The Bertz CT molecular complexity index is 657. The lowest BCUT2D eigenvalue weighted by molar-refractivity contribution is 0.107. The molecule has 3 rings (SSSR count). The molecule has 0 spiro atoms. The Labute approximate surface area is 137 Å². The molecule has 0 amide bonds. The van der Waals surface area contributed by atoms with E-state index in [0.717, 1.165) is 54.7 Å². The number of rotatable bonds is 5. The zero-order chi connectivity index (χ0) is 16.6. The van der Waals surface area contributed by atoms with Gasteiger partial charge >= 0.3 is 0 Å². The lowest BCUT2D eigenvalue weighted by Gasteiger charge is -2.21. The summed E-state index contributed by atoms with van der Waals surface area (Å²) in [5.74, 6) is 1.03. The first-order valence-corrected chi connectivity index (χ1v) is 8.22. The molecule has 1 saturated heterocycles. The Hall–Kier alpha value is -1.73. The van der Waals surface area contributed by atoms with Gasteiger partial charge in [0.05, 0.1) is 35.8 Å². The Balaban J connectivity index is 1.83. The van der Waals surface area contributed by atoms with Gasteiger partial charge in [-0.2, -0.15) is 15.0 Å². The van der Waals surface area contributed by atoms with Crippen molar-refractivity contribution >= 4 is 0 Å². The maximum absolute atomic E-state index is 5.60. The summed E-state index contributed by atoms with van der Waals surface area (Å²) in [5.41, 5.74) is 4.23. The number of aryl methyl sites for hydroxylation is 4. The third kappa shape index (κ3) is 3.16. The Morgan fingerprint density at radius 3 is 2.57 bits per heavy atom. The van der Waals surface area contributed by atoms with Gasteiger partial charge in [0.1, 0.15) is 5.82 Å². The maximum Gasteiger partial charge on any atom is 0.124 e. The van der Waals surface area contributed by atoms with E-state index in [9.17, 15) is 0 Å². The van der Waals surface area contributed by atoms with Gasteiger partial charge in [0.25, 0.3) is 0 Å². The quantitative estimate of drug-likeness (QED) is 0.912. The highest BCUT2D eigenvalue weighted by molar-refractivity contribution is 5.15. The molecule has 2 aromatic heterocycles. The molecule has 3 heterocycles. The van der Waals surface area contributed by atoms with Crippen molar-refractivity contribution in [3.05, 3.63) is 28.6 Å². The van der Waals surface area contributed by atoms with Crippen LogP contribution in [-0.2, 0) is 17.8 Å². The molecular weight excluding hydrogens is 292 g/mol. The van der Waals surface area contributed by atoms with Crippen LogP contribution >= 0.6 is 0 Å². The fraction of sp³-hybridized carbons (Fsp3) is 0.688. The van der Waals surface area contributed by atoms with Gasteiger partial charge < -0.3 is 9.72 Å². The van der Waals surface area contributed by atoms with Gasteiger partial charge in [0.15, 0.2) is 0 Å². The minimum atomic E-state index is 0.229. The number of nitrogens with zero attached hydrogens (tertiary/aromatic N) is 5. The zero-order valence-electron chi connectivity index (χ0n) is 14.6. The number of hydrogen-bond acceptors (Lipinski definition) is 5. The van der Waals surface area contributed by atoms with E-state index >= 15 is 0 Å². The smallest absolute Gasteiger partial charge is 0.124 e. The number of likely N-dealkylation sites (tertiary alicyclic amines) is 1. The fourth-order valence-corrected chi connectivity index (χ4v) is 3.17. The molecule has 0 bridgehead atoms. The van der Waals surface area contributed by atoms with E-state index in [0.29, 0.717) is 0 Å². The highest BCUT2D eigenvalue weighted by atomic mass is 16.5. The molecule has 0 saturated carbocycles. The number of imidazole rings is 1. The third-order valence-corrected chi connectivity index (χ3v) is 4.72. The molecule has 23 heavy (non-hydrogen) atoms. The number of aromatic nitrogens is 5. The van der Waals surface area contributed by atoms with Crippen molar-refractivity contribution in [2.24, 2.45) is 0 Å². The number of nitrogens with one attached hydrogen (secondary N) is 1.